The molecule has 2 atom stereocenters. The second-order valence-corrected chi connectivity index (χ2v) is 8.05. The van der Waals surface area contributed by atoms with Crippen LogP contribution in [0.25, 0.3) is 10.9 Å². The second kappa shape index (κ2) is 7.70. The normalized spacial score (nSPS) is 21.0. The molecule has 3 N–H and O–H groups in total. The summed E-state index contributed by atoms with van der Waals surface area (Å²) in [5.41, 5.74) is 2.85. The van der Waals surface area contributed by atoms with Gasteiger partial charge in [0.15, 0.2) is 0 Å². The number of likely N-dealkylation sites (tertiary alicyclic amines) is 1. The van der Waals surface area contributed by atoms with Crippen molar-refractivity contribution in [3.8, 4) is 5.75 Å². The van der Waals surface area contributed by atoms with E-state index < -0.39 is 12.2 Å². The van der Waals surface area contributed by atoms with E-state index in [2.05, 4.69) is 10.3 Å². The highest BCUT2D eigenvalue weighted by Gasteiger charge is 2.32. The summed E-state index contributed by atoms with van der Waals surface area (Å²) in [6.45, 7) is 0.583. The van der Waals surface area contributed by atoms with E-state index in [1.165, 1.54) is 12.1 Å². The number of amides is 2. The maximum atomic E-state index is 13.4. The molecule has 3 aromatic rings. The number of carbonyl (C=O) groups is 2. The van der Waals surface area contributed by atoms with E-state index >= 15 is 0 Å². The van der Waals surface area contributed by atoms with Crippen LogP contribution in [0.4, 0.5) is 10.1 Å². The summed E-state index contributed by atoms with van der Waals surface area (Å²) >= 11 is 0. The number of aryl methyl sites for hydroxylation is 1. The van der Waals surface area contributed by atoms with Crippen LogP contribution < -0.4 is 10.1 Å². The van der Waals surface area contributed by atoms with E-state index in [0.717, 1.165) is 11.3 Å². The second-order valence-electron chi connectivity index (χ2n) is 8.05. The molecule has 2 aliphatic heterocycles. The average Bonchev–Trinajstić information content (AvgIpc) is 3.18. The molecule has 5 rings (SSSR count). The molecule has 3 heterocycles. The van der Waals surface area contributed by atoms with Gasteiger partial charge >= 0.3 is 0 Å². The molecule has 0 radical (unpaired) electrons. The fourth-order valence-corrected chi connectivity index (χ4v) is 4.23. The van der Waals surface area contributed by atoms with Crippen molar-refractivity contribution in [3.05, 3.63) is 59.5 Å². The van der Waals surface area contributed by atoms with Gasteiger partial charge in [-0.3, -0.25) is 9.59 Å². The maximum absolute atomic E-state index is 13.4. The van der Waals surface area contributed by atoms with Crippen LogP contribution in [0.5, 0.6) is 5.75 Å². The van der Waals surface area contributed by atoms with Gasteiger partial charge in [0.1, 0.15) is 29.5 Å². The zero-order chi connectivity index (χ0) is 21.5. The number of hydrogen-bond donors (Lipinski definition) is 3. The zero-order valence-electron chi connectivity index (χ0n) is 16.7. The van der Waals surface area contributed by atoms with Gasteiger partial charge in [0.25, 0.3) is 5.91 Å². The molecule has 0 saturated carbocycles. The van der Waals surface area contributed by atoms with Gasteiger partial charge in [0.2, 0.25) is 5.91 Å². The van der Waals surface area contributed by atoms with Crippen molar-refractivity contribution in [2.24, 2.45) is 0 Å². The number of nitrogens with one attached hydrogen (secondary N) is 2. The first kappa shape index (κ1) is 19.6. The summed E-state index contributed by atoms with van der Waals surface area (Å²) in [6, 6.07) is 11.4. The van der Waals surface area contributed by atoms with Gasteiger partial charge in [-0.2, -0.15) is 0 Å². The number of halogens is 1. The highest BCUT2D eigenvalue weighted by molar-refractivity contribution is 5.98. The number of piperidine rings is 1. The first-order valence-corrected chi connectivity index (χ1v) is 10.3. The Morgan fingerprint density at radius 1 is 1.16 bits per heavy atom. The molecular formula is C23H22FN3O4. The highest BCUT2D eigenvalue weighted by atomic mass is 19.1. The van der Waals surface area contributed by atoms with E-state index in [9.17, 15) is 19.1 Å². The van der Waals surface area contributed by atoms with E-state index in [-0.39, 0.29) is 24.2 Å². The van der Waals surface area contributed by atoms with Crippen LogP contribution >= 0.6 is 0 Å². The van der Waals surface area contributed by atoms with Crippen molar-refractivity contribution in [1.82, 2.24) is 9.88 Å². The standard InChI is InChI=1S/C23H22FN3O4/c24-15-2-4-18-14(9-15)11-19(25-18)23(30)27-8-7-21(20(28)12-27)31-16-3-5-17-13(10-16)1-6-22(29)26-17/h2-5,9-11,20-21,25,28H,1,6-8,12H2,(H,26,29)/t20-,21-/m1/s1. The largest absolute Gasteiger partial charge is 0.488 e. The van der Waals surface area contributed by atoms with Gasteiger partial charge in [-0.15, -0.1) is 0 Å². The monoisotopic (exact) mass is 423 g/mol. The number of ether oxygens (including phenoxy) is 1. The molecule has 8 heteroatoms. The first-order chi connectivity index (χ1) is 15.0. The van der Waals surface area contributed by atoms with Gasteiger partial charge in [0.05, 0.1) is 6.54 Å². The summed E-state index contributed by atoms with van der Waals surface area (Å²) in [5.74, 6) is 0.0483. The summed E-state index contributed by atoms with van der Waals surface area (Å²) in [5, 5.41) is 14.1. The Bertz CT molecular complexity index is 1170. The lowest BCUT2D eigenvalue weighted by Crippen LogP contribution is -2.51. The number of benzene rings is 2. The Labute approximate surface area is 177 Å². The van der Waals surface area contributed by atoms with Crippen molar-refractivity contribution in [2.75, 3.05) is 18.4 Å². The number of H-pyrrole nitrogens is 1. The van der Waals surface area contributed by atoms with Gasteiger partial charge < -0.3 is 25.0 Å². The number of hydrogen-bond acceptors (Lipinski definition) is 4. The third-order valence-electron chi connectivity index (χ3n) is 5.88. The number of rotatable bonds is 3. The number of aromatic nitrogens is 1. The van der Waals surface area contributed by atoms with Gasteiger partial charge in [-0.1, -0.05) is 0 Å². The summed E-state index contributed by atoms with van der Waals surface area (Å²) in [4.78, 5) is 29.0. The average molecular weight is 423 g/mol. The molecule has 1 saturated heterocycles. The lowest BCUT2D eigenvalue weighted by Gasteiger charge is -2.36. The number of anilines is 1. The van der Waals surface area contributed by atoms with E-state index in [1.54, 1.807) is 23.1 Å². The van der Waals surface area contributed by atoms with Crippen LogP contribution in [0, 0.1) is 5.82 Å². The Kier molecular flexibility index (Phi) is 4.86. The maximum Gasteiger partial charge on any atom is 0.270 e. The minimum atomic E-state index is -0.838. The lowest BCUT2D eigenvalue weighted by molar-refractivity contribution is -0.116. The first-order valence-electron chi connectivity index (χ1n) is 10.3. The predicted octanol–water partition coefficient (Wildman–Crippen LogP) is 2.85. The Balaban J connectivity index is 1.24. The summed E-state index contributed by atoms with van der Waals surface area (Å²) < 4.78 is 19.4. The summed E-state index contributed by atoms with van der Waals surface area (Å²) in [6.07, 6.45) is 0.310. The van der Waals surface area contributed by atoms with Crippen molar-refractivity contribution in [3.63, 3.8) is 0 Å². The molecule has 2 amide bonds. The van der Waals surface area contributed by atoms with Crippen LogP contribution in [-0.2, 0) is 11.2 Å². The van der Waals surface area contributed by atoms with E-state index in [4.69, 9.17) is 4.74 Å². The van der Waals surface area contributed by atoms with Crippen molar-refractivity contribution in [1.29, 1.82) is 0 Å². The molecule has 1 aromatic heterocycles. The number of nitrogens with zero attached hydrogens (tertiary/aromatic N) is 1. The Hall–Kier alpha value is -3.39. The minimum absolute atomic E-state index is 0.00808. The van der Waals surface area contributed by atoms with Gasteiger partial charge in [0, 0.05) is 36.0 Å². The smallest absolute Gasteiger partial charge is 0.270 e. The molecule has 2 aliphatic rings. The van der Waals surface area contributed by atoms with Crippen LogP contribution in [0.15, 0.2) is 42.5 Å². The predicted molar refractivity (Wildman–Crippen MR) is 113 cm³/mol. The van der Waals surface area contributed by atoms with Gasteiger partial charge in [-0.25, -0.2) is 4.39 Å². The minimum Gasteiger partial charge on any atom is -0.488 e. The molecule has 0 bridgehead atoms. The number of β-amino-alcohol motifs (C(OH)–C–C–N with tert-alkyl or cyclic N) is 1. The zero-order valence-corrected chi connectivity index (χ0v) is 16.7. The fraction of sp³-hybridized carbons (Fsp3) is 0.304. The van der Waals surface area contributed by atoms with Crippen LogP contribution in [0.2, 0.25) is 0 Å². The Morgan fingerprint density at radius 2 is 2.03 bits per heavy atom. The number of aliphatic hydroxyl groups is 1. The lowest BCUT2D eigenvalue weighted by atomic mass is 10.0. The number of aromatic amines is 1. The van der Waals surface area contributed by atoms with Crippen molar-refractivity contribution >= 4 is 28.4 Å². The van der Waals surface area contributed by atoms with Crippen LogP contribution in [0.1, 0.15) is 28.9 Å². The summed E-state index contributed by atoms with van der Waals surface area (Å²) in [7, 11) is 0. The van der Waals surface area contributed by atoms with Crippen LogP contribution in [0.3, 0.4) is 0 Å². The van der Waals surface area contributed by atoms with Crippen molar-refractivity contribution in [2.45, 2.75) is 31.5 Å². The third-order valence-corrected chi connectivity index (χ3v) is 5.88. The van der Waals surface area contributed by atoms with Crippen molar-refractivity contribution < 1.29 is 23.8 Å². The third kappa shape index (κ3) is 3.86. The molecule has 0 aliphatic carbocycles. The SMILES string of the molecule is O=C1CCc2cc(O[C@@H]3CCN(C(=O)c4cc5cc(F)ccc5[nH]4)C[C@H]3O)ccc2N1. The fourth-order valence-electron chi connectivity index (χ4n) is 4.23. The number of carbonyl (C=O) groups excluding carboxylic acids is 2. The molecular weight excluding hydrogens is 401 g/mol. The molecule has 7 nitrogen and oxygen atoms in total. The molecule has 0 spiro atoms. The Morgan fingerprint density at radius 3 is 2.87 bits per heavy atom. The molecule has 31 heavy (non-hydrogen) atoms. The quantitative estimate of drug-likeness (QED) is 0.604. The molecule has 2 aromatic carbocycles. The van der Waals surface area contributed by atoms with Crippen LogP contribution in [-0.4, -0.2) is 52.1 Å². The van der Waals surface area contributed by atoms with E-state index in [0.29, 0.717) is 48.2 Å². The number of aliphatic hydroxyl groups excluding tert-OH is 1. The molecule has 160 valence electrons. The number of fused-ring (bicyclic) bond motifs is 2. The topological polar surface area (TPSA) is 94.7 Å². The van der Waals surface area contributed by atoms with Gasteiger partial charge in [-0.05, 0) is 54.4 Å². The molecule has 1 fully saturated rings. The highest BCUT2D eigenvalue weighted by Crippen LogP contribution is 2.29. The molecule has 0 unspecified atom stereocenters. The van der Waals surface area contributed by atoms with E-state index in [1.807, 2.05) is 12.1 Å².